The molecular weight excluding hydrogens is 252 g/mol. The SMILES string of the molecule is Cc1cnc(NN)nc1Nc1cccc2ccncc12. The minimum atomic E-state index is 0.372. The van der Waals surface area contributed by atoms with Crippen LogP contribution in [0.4, 0.5) is 17.5 Å². The lowest BCUT2D eigenvalue weighted by Crippen LogP contribution is -2.11. The van der Waals surface area contributed by atoms with Crippen LogP contribution in [0.3, 0.4) is 0 Å². The summed E-state index contributed by atoms with van der Waals surface area (Å²) < 4.78 is 0. The van der Waals surface area contributed by atoms with Gasteiger partial charge in [0.1, 0.15) is 5.82 Å². The van der Waals surface area contributed by atoms with Gasteiger partial charge >= 0.3 is 0 Å². The molecule has 4 N–H and O–H groups in total. The van der Waals surface area contributed by atoms with Crippen LogP contribution in [-0.2, 0) is 0 Å². The van der Waals surface area contributed by atoms with Crippen LogP contribution in [0.5, 0.6) is 0 Å². The third kappa shape index (κ3) is 2.24. The minimum Gasteiger partial charge on any atom is -0.339 e. The number of hydrogen-bond acceptors (Lipinski definition) is 6. The number of aromatic nitrogens is 3. The van der Waals surface area contributed by atoms with E-state index in [9.17, 15) is 0 Å². The summed E-state index contributed by atoms with van der Waals surface area (Å²) in [5.74, 6) is 6.42. The summed E-state index contributed by atoms with van der Waals surface area (Å²) in [6.07, 6.45) is 5.32. The quantitative estimate of drug-likeness (QED) is 0.498. The van der Waals surface area contributed by atoms with E-state index in [4.69, 9.17) is 5.84 Å². The molecule has 0 saturated carbocycles. The third-order valence-corrected chi connectivity index (χ3v) is 3.04. The van der Waals surface area contributed by atoms with Gasteiger partial charge in [-0.25, -0.2) is 10.8 Å². The number of nitrogens with two attached hydrogens (primary N) is 1. The van der Waals surface area contributed by atoms with Crippen LogP contribution in [0.25, 0.3) is 10.8 Å². The van der Waals surface area contributed by atoms with Crippen molar-refractivity contribution in [2.75, 3.05) is 10.7 Å². The van der Waals surface area contributed by atoms with E-state index < -0.39 is 0 Å². The lowest BCUT2D eigenvalue weighted by atomic mass is 10.1. The standard InChI is InChI=1S/C14H14N6/c1-9-7-17-14(20-15)19-13(9)18-12-4-2-3-10-5-6-16-8-11(10)12/h2-8H,15H2,1H3,(H2,17,18,19,20). The van der Waals surface area contributed by atoms with E-state index in [0.717, 1.165) is 22.0 Å². The highest BCUT2D eigenvalue weighted by Crippen LogP contribution is 2.26. The molecule has 3 aromatic rings. The van der Waals surface area contributed by atoms with Gasteiger partial charge in [-0.2, -0.15) is 4.98 Å². The number of hydrogen-bond donors (Lipinski definition) is 3. The molecule has 0 radical (unpaired) electrons. The number of nitrogens with one attached hydrogen (secondary N) is 2. The fourth-order valence-electron chi connectivity index (χ4n) is 1.99. The Labute approximate surface area is 116 Å². The summed E-state index contributed by atoms with van der Waals surface area (Å²) in [5, 5.41) is 5.46. The first kappa shape index (κ1) is 12.3. The highest BCUT2D eigenvalue weighted by atomic mass is 15.3. The maximum atomic E-state index is 5.34. The van der Waals surface area contributed by atoms with E-state index in [2.05, 4.69) is 25.7 Å². The average Bonchev–Trinajstić information content (AvgIpc) is 2.50. The maximum absolute atomic E-state index is 5.34. The molecule has 0 amide bonds. The molecule has 0 spiro atoms. The zero-order chi connectivity index (χ0) is 13.9. The Hall–Kier alpha value is -2.73. The van der Waals surface area contributed by atoms with Crippen LogP contribution in [0.15, 0.2) is 42.9 Å². The molecule has 0 aliphatic carbocycles. The second-order valence-corrected chi connectivity index (χ2v) is 4.40. The Morgan fingerprint density at radius 2 is 2.05 bits per heavy atom. The second-order valence-electron chi connectivity index (χ2n) is 4.40. The largest absolute Gasteiger partial charge is 0.339 e. The summed E-state index contributed by atoms with van der Waals surface area (Å²) >= 11 is 0. The molecule has 0 fully saturated rings. The van der Waals surface area contributed by atoms with E-state index >= 15 is 0 Å². The highest BCUT2D eigenvalue weighted by Gasteiger charge is 2.06. The van der Waals surface area contributed by atoms with Crippen molar-refractivity contribution in [3.63, 3.8) is 0 Å². The van der Waals surface area contributed by atoms with Gasteiger partial charge in [-0.3, -0.25) is 10.4 Å². The molecule has 100 valence electrons. The molecule has 6 heteroatoms. The van der Waals surface area contributed by atoms with Crippen LogP contribution >= 0.6 is 0 Å². The van der Waals surface area contributed by atoms with Crippen LogP contribution in [-0.4, -0.2) is 15.0 Å². The van der Waals surface area contributed by atoms with E-state index in [1.54, 1.807) is 12.4 Å². The van der Waals surface area contributed by atoms with Gasteiger partial charge in [0.2, 0.25) is 5.95 Å². The summed E-state index contributed by atoms with van der Waals surface area (Å²) in [6, 6.07) is 7.99. The Morgan fingerprint density at radius 1 is 1.15 bits per heavy atom. The van der Waals surface area contributed by atoms with E-state index in [-0.39, 0.29) is 0 Å². The summed E-state index contributed by atoms with van der Waals surface area (Å²) in [4.78, 5) is 12.5. The predicted octanol–water partition coefficient (Wildman–Crippen LogP) is 2.36. The van der Waals surface area contributed by atoms with Gasteiger partial charge in [0.05, 0.1) is 0 Å². The number of rotatable bonds is 3. The van der Waals surface area contributed by atoms with Crippen LogP contribution < -0.4 is 16.6 Å². The number of nitrogens with zero attached hydrogens (tertiary/aromatic N) is 3. The molecule has 0 aliphatic rings. The topological polar surface area (TPSA) is 88.8 Å². The number of hydrazine groups is 1. The van der Waals surface area contributed by atoms with Crippen molar-refractivity contribution in [1.82, 2.24) is 15.0 Å². The number of fused-ring (bicyclic) bond motifs is 1. The van der Waals surface area contributed by atoms with Crippen molar-refractivity contribution in [3.8, 4) is 0 Å². The molecule has 2 heterocycles. The Kier molecular flexibility index (Phi) is 3.14. The van der Waals surface area contributed by atoms with Crippen LogP contribution in [0.2, 0.25) is 0 Å². The van der Waals surface area contributed by atoms with Gasteiger partial charge in [-0.1, -0.05) is 12.1 Å². The molecule has 1 aromatic carbocycles. The first-order valence-electron chi connectivity index (χ1n) is 6.18. The summed E-state index contributed by atoms with van der Waals surface area (Å²) in [7, 11) is 0. The van der Waals surface area contributed by atoms with Gasteiger partial charge in [-0.15, -0.1) is 0 Å². The normalized spacial score (nSPS) is 10.5. The number of benzene rings is 1. The summed E-state index contributed by atoms with van der Waals surface area (Å²) in [6.45, 7) is 1.94. The van der Waals surface area contributed by atoms with Gasteiger partial charge in [0, 0.05) is 35.2 Å². The van der Waals surface area contributed by atoms with Crippen molar-refractivity contribution in [3.05, 3.63) is 48.4 Å². The maximum Gasteiger partial charge on any atom is 0.239 e. The zero-order valence-electron chi connectivity index (χ0n) is 11.0. The lowest BCUT2D eigenvalue weighted by Gasteiger charge is -2.11. The molecule has 20 heavy (non-hydrogen) atoms. The minimum absolute atomic E-state index is 0.372. The molecule has 0 aliphatic heterocycles. The smallest absolute Gasteiger partial charge is 0.239 e. The van der Waals surface area contributed by atoms with Crippen molar-refractivity contribution >= 4 is 28.2 Å². The molecule has 0 bridgehead atoms. The zero-order valence-corrected chi connectivity index (χ0v) is 11.0. The molecule has 3 rings (SSSR count). The van der Waals surface area contributed by atoms with E-state index in [1.165, 1.54) is 0 Å². The fraction of sp³-hybridized carbons (Fsp3) is 0.0714. The van der Waals surface area contributed by atoms with Crippen molar-refractivity contribution < 1.29 is 0 Å². The molecule has 0 saturated heterocycles. The number of pyridine rings is 1. The predicted molar refractivity (Wildman–Crippen MR) is 79.6 cm³/mol. The van der Waals surface area contributed by atoms with Gasteiger partial charge in [-0.05, 0) is 24.4 Å². The molecule has 0 atom stereocenters. The molecule has 6 nitrogen and oxygen atoms in total. The Balaban J connectivity index is 2.05. The summed E-state index contributed by atoms with van der Waals surface area (Å²) in [5.41, 5.74) is 4.32. The molecular formula is C14H14N6. The first-order valence-corrected chi connectivity index (χ1v) is 6.18. The number of aryl methyl sites for hydroxylation is 1. The third-order valence-electron chi connectivity index (χ3n) is 3.04. The monoisotopic (exact) mass is 266 g/mol. The van der Waals surface area contributed by atoms with Gasteiger partial charge in [0.15, 0.2) is 0 Å². The van der Waals surface area contributed by atoms with Gasteiger partial charge in [0.25, 0.3) is 0 Å². The Bertz CT molecular complexity index is 750. The second kappa shape index (κ2) is 5.10. The average molecular weight is 266 g/mol. The fourth-order valence-corrected chi connectivity index (χ4v) is 1.99. The highest BCUT2D eigenvalue weighted by molar-refractivity contribution is 5.94. The number of anilines is 3. The molecule has 2 aromatic heterocycles. The van der Waals surface area contributed by atoms with Crippen LogP contribution in [0, 0.1) is 6.92 Å². The van der Waals surface area contributed by atoms with Crippen LogP contribution in [0.1, 0.15) is 5.56 Å². The molecule has 0 unspecified atom stereocenters. The lowest BCUT2D eigenvalue weighted by molar-refractivity contribution is 1.09. The van der Waals surface area contributed by atoms with Crippen molar-refractivity contribution in [2.24, 2.45) is 5.84 Å². The number of nitrogen functional groups attached to an aromatic ring is 1. The van der Waals surface area contributed by atoms with E-state index in [0.29, 0.717) is 11.8 Å². The van der Waals surface area contributed by atoms with Crippen molar-refractivity contribution in [1.29, 1.82) is 0 Å². The van der Waals surface area contributed by atoms with Crippen molar-refractivity contribution in [2.45, 2.75) is 6.92 Å². The Morgan fingerprint density at radius 3 is 2.90 bits per heavy atom. The first-order chi connectivity index (χ1) is 9.78. The van der Waals surface area contributed by atoms with Gasteiger partial charge < -0.3 is 5.32 Å². The van der Waals surface area contributed by atoms with E-state index in [1.807, 2.05) is 37.4 Å².